The van der Waals surface area contributed by atoms with Crippen LogP contribution in [0.2, 0.25) is 5.02 Å². The van der Waals surface area contributed by atoms with Gasteiger partial charge in [0.1, 0.15) is 0 Å². The zero-order valence-electron chi connectivity index (χ0n) is 11.9. The molecular weight excluding hydrogens is 334 g/mol. The fraction of sp³-hybridized carbons (Fsp3) is 0.706. The number of rotatable bonds is 3. The first-order chi connectivity index (χ1) is 9.74. The summed E-state index contributed by atoms with van der Waals surface area (Å²) in [6.07, 6.45) is 14.8. The quantitative estimate of drug-likeness (QED) is 0.638. The SMILES string of the molecule is Clc1cnccc1CC(Br)C1CCC2CCCCC2C1. The molecule has 0 aromatic carbocycles. The molecule has 4 unspecified atom stereocenters. The van der Waals surface area contributed by atoms with Crippen LogP contribution in [0.5, 0.6) is 0 Å². The molecule has 2 aliphatic rings. The van der Waals surface area contributed by atoms with Crippen LogP contribution in [0, 0.1) is 17.8 Å². The Labute approximate surface area is 135 Å². The molecule has 1 heterocycles. The summed E-state index contributed by atoms with van der Waals surface area (Å²) >= 11 is 10.2. The molecule has 1 nitrogen and oxygen atoms in total. The third-order valence-corrected chi connectivity index (χ3v) is 6.77. The zero-order valence-corrected chi connectivity index (χ0v) is 14.2. The van der Waals surface area contributed by atoms with Crippen LogP contribution in [0.1, 0.15) is 50.5 Å². The monoisotopic (exact) mass is 355 g/mol. The fourth-order valence-corrected chi connectivity index (χ4v) is 5.21. The van der Waals surface area contributed by atoms with Crippen LogP contribution in [-0.4, -0.2) is 9.81 Å². The van der Waals surface area contributed by atoms with E-state index >= 15 is 0 Å². The molecule has 0 radical (unpaired) electrons. The molecule has 0 N–H and O–H groups in total. The largest absolute Gasteiger partial charge is 0.263 e. The summed E-state index contributed by atoms with van der Waals surface area (Å²) in [6, 6.07) is 2.06. The molecule has 110 valence electrons. The molecule has 0 bridgehead atoms. The smallest absolute Gasteiger partial charge is 0.0621 e. The van der Waals surface area contributed by atoms with Gasteiger partial charge in [0.05, 0.1) is 5.02 Å². The molecule has 1 aromatic heterocycles. The Balaban J connectivity index is 1.60. The normalized spacial score (nSPS) is 31.6. The van der Waals surface area contributed by atoms with Gasteiger partial charge in [-0.15, -0.1) is 0 Å². The van der Waals surface area contributed by atoms with Crippen LogP contribution in [0.3, 0.4) is 0 Å². The van der Waals surface area contributed by atoms with E-state index in [0.717, 1.165) is 29.2 Å². The van der Waals surface area contributed by atoms with Gasteiger partial charge in [0.25, 0.3) is 0 Å². The van der Waals surface area contributed by atoms with Crippen molar-refractivity contribution in [3.63, 3.8) is 0 Å². The summed E-state index contributed by atoms with van der Waals surface area (Å²) in [5.41, 5.74) is 1.23. The summed E-state index contributed by atoms with van der Waals surface area (Å²) in [6.45, 7) is 0. The van der Waals surface area contributed by atoms with Gasteiger partial charge in [0, 0.05) is 17.2 Å². The lowest BCUT2D eigenvalue weighted by molar-refractivity contribution is 0.129. The molecule has 3 heteroatoms. The molecule has 2 aliphatic carbocycles. The summed E-state index contributed by atoms with van der Waals surface area (Å²) in [4.78, 5) is 4.63. The second-order valence-corrected chi connectivity index (χ2v) is 8.15. The van der Waals surface area contributed by atoms with Gasteiger partial charge in [0.15, 0.2) is 0 Å². The molecule has 20 heavy (non-hydrogen) atoms. The number of fused-ring (bicyclic) bond motifs is 1. The molecule has 3 rings (SSSR count). The van der Waals surface area contributed by atoms with E-state index in [2.05, 4.69) is 27.0 Å². The highest BCUT2D eigenvalue weighted by Crippen LogP contribution is 2.45. The van der Waals surface area contributed by atoms with Gasteiger partial charge >= 0.3 is 0 Å². The zero-order chi connectivity index (χ0) is 13.9. The van der Waals surface area contributed by atoms with Crippen LogP contribution >= 0.6 is 27.5 Å². The Hall–Kier alpha value is -0.0800. The van der Waals surface area contributed by atoms with Crippen molar-refractivity contribution in [3.8, 4) is 0 Å². The van der Waals surface area contributed by atoms with E-state index in [9.17, 15) is 0 Å². The molecule has 2 fully saturated rings. The summed E-state index contributed by atoms with van der Waals surface area (Å²) < 4.78 is 0. The number of hydrogen-bond acceptors (Lipinski definition) is 1. The molecule has 1 aromatic rings. The van der Waals surface area contributed by atoms with Gasteiger partial charge in [-0.2, -0.15) is 0 Å². The minimum Gasteiger partial charge on any atom is -0.263 e. The van der Waals surface area contributed by atoms with E-state index in [1.54, 1.807) is 6.20 Å². The number of aromatic nitrogens is 1. The molecule has 0 saturated heterocycles. The molecule has 0 amide bonds. The Morgan fingerprint density at radius 1 is 1.20 bits per heavy atom. The molecule has 4 atom stereocenters. The number of hydrogen-bond donors (Lipinski definition) is 0. The van der Waals surface area contributed by atoms with Crippen molar-refractivity contribution >= 4 is 27.5 Å². The Morgan fingerprint density at radius 2 is 2.00 bits per heavy atom. The molecular formula is C17H23BrClN. The highest BCUT2D eigenvalue weighted by Gasteiger charge is 2.34. The Kier molecular flexibility index (Phi) is 5.04. The fourth-order valence-electron chi connectivity index (χ4n) is 4.18. The van der Waals surface area contributed by atoms with Crippen LogP contribution in [0.4, 0.5) is 0 Å². The van der Waals surface area contributed by atoms with Gasteiger partial charge in [0.2, 0.25) is 0 Å². The topological polar surface area (TPSA) is 12.9 Å². The number of pyridine rings is 1. The van der Waals surface area contributed by atoms with Crippen molar-refractivity contribution in [2.45, 2.75) is 56.2 Å². The number of halogens is 2. The maximum Gasteiger partial charge on any atom is 0.0621 e. The van der Waals surface area contributed by atoms with E-state index in [4.69, 9.17) is 11.6 Å². The van der Waals surface area contributed by atoms with Gasteiger partial charge in [-0.25, -0.2) is 0 Å². The van der Waals surface area contributed by atoms with Crippen molar-refractivity contribution in [1.82, 2.24) is 4.98 Å². The molecule has 2 saturated carbocycles. The average molecular weight is 357 g/mol. The Morgan fingerprint density at radius 3 is 2.80 bits per heavy atom. The summed E-state index contributed by atoms with van der Waals surface area (Å²) in [5.74, 6) is 2.85. The Bertz CT molecular complexity index is 450. The third kappa shape index (κ3) is 3.39. The van der Waals surface area contributed by atoms with Gasteiger partial charge in [-0.3, -0.25) is 4.98 Å². The van der Waals surface area contributed by atoms with Crippen molar-refractivity contribution in [2.75, 3.05) is 0 Å². The van der Waals surface area contributed by atoms with E-state index in [-0.39, 0.29) is 0 Å². The van der Waals surface area contributed by atoms with Gasteiger partial charge in [-0.05, 0) is 55.1 Å². The van der Waals surface area contributed by atoms with E-state index in [1.165, 1.54) is 50.5 Å². The van der Waals surface area contributed by atoms with Crippen molar-refractivity contribution in [1.29, 1.82) is 0 Å². The number of nitrogens with zero attached hydrogens (tertiary/aromatic N) is 1. The second kappa shape index (κ2) is 6.79. The summed E-state index contributed by atoms with van der Waals surface area (Å²) in [7, 11) is 0. The predicted molar refractivity (Wildman–Crippen MR) is 88.5 cm³/mol. The number of alkyl halides is 1. The average Bonchev–Trinajstić information content (AvgIpc) is 2.49. The van der Waals surface area contributed by atoms with Gasteiger partial charge < -0.3 is 0 Å². The first kappa shape index (κ1) is 14.8. The standard InChI is InChI=1S/C17H23BrClN/c18-16(10-15-7-8-20-11-17(15)19)14-6-5-12-3-1-2-4-13(12)9-14/h7-8,11-14,16H,1-6,9-10H2. The highest BCUT2D eigenvalue weighted by atomic mass is 79.9. The third-order valence-electron chi connectivity index (χ3n) is 5.36. The van der Waals surface area contributed by atoms with Gasteiger partial charge in [-0.1, -0.05) is 53.2 Å². The highest BCUT2D eigenvalue weighted by molar-refractivity contribution is 9.09. The van der Waals surface area contributed by atoms with Crippen molar-refractivity contribution in [2.24, 2.45) is 17.8 Å². The van der Waals surface area contributed by atoms with Crippen LogP contribution in [0.15, 0.2) is 18.5 Å². The predicted octanol–water partition coefficient (Wildman–Crippen LogP) is 5.65. The van der Waals surface area contributed by atoms with Crippen LogP contribution < -0.4 is 0 Å². The first-order valence-electron chi connectivity index (χ1n) is 7.96. The first-order valence-corrected chi connectivity index (χ1v) is 9.26. The lowest BCUT2D eigenvalue weighted by Crippen LogP contribution is -2.32. The lowest BCUT2D eigenvalue weighted by atomic mass is 9.66. The van der Waals surface area contributed by atoms with E-state index < -0.39 is 0 Å². The molecule has 0 spiro atoms. The lowest BCUT2D eigenvalue weighted by Gasteiger charge is -2.41. The maximum absolute atomic E-state index is 6.23. The summed E-state index contributed by atoms with van der Waals surface area (Å²) in [5, 5.41) is 0.809. The van der Waals surface area contributed by atoms with E-state index in [0.29, 0.717) is 4.83 Å². The van der Waals surface area contributed by atoms with Crippen LogP contribution in [0.25, 0.3) is 0 Å². The van der Waals surface area contributed by atoms with Crippen molar-refractivity contribution < 1.29 is 0 Å². The minimum atomic E-state index is 0.560. The van der Waals surface area contributed by atoms with Crippen molar-refractivity contribution in [3.05, 3.63) is 29.0 Å². The minimum absolute atomic E-state index is 0.560. The maximum atomic E-state index is 6.23. The van der Waals surface area contributed by atoms with Crippen LogP contribution in [-0.2, 0) is 6.42 Å². The van der Waals surface area contributed by atoms with E-state index in [1.807, 2.05) is 6.20 Å². The second-order valence-electron chi connectivity index (χ2n) is 6.56. The molecule has 0 aliphatic heterocycles.